The lowest BCUT2D eigenvalue weighted by molar-refractivity contribution is -0.0812. The number of nitrogens with zero attached hydrogens (tertiary/aromatic N) is 1. The molecule has 1 saturated carbocycles. The van der Waals surface area contributed by atoms with E-state index < -0.39 is 5.60 Å². The Hall–Kier alpha value is -0.480. The zero-order valence-electron chi connectivity index (χ0n) is 9.19. The van der Waals surface area contributed by atoms with Crippen molar-refractivity contribution in [1.82, 2.24) is 0 Å². The van der Waals surface area contributed by atoms with Gasteiger partial charge in [0.15, 0.2) is 0 Å². The monoisotopic (exact) mass is 200 g/mol. The van der Waals surface area contributed by atoms with Gasteiger partial charge in [0.25, 0.3) is 0 Å². The van der Waals surface area contributed by atoms with Crippen molar-refractivity contribution in [3.8, 4) is 0 Å². The van der Waals surface area contributed by atoms with Crippen LogP contribution in [0, 0.1) is 16.7 Å². The van der Waals surface area contributed by atoms with Crippen LogP contribution in [0.5, 0.6) is 0 Å². The quantitative estimate of drug-likeness (QED) is 0.561. The van der Waals surface area contributed by atoms with Crippen LogP contribution in [0.2, 0.25) is 0 Å². The Morgan fingerprint density at radius 2 is 2.07 bits per heavy atom. The van der Waals surface area contributed by atoms with E-state index in [0.717, 1.165) is 19.3 Å². The third-order valence-electron chi connectivity index (χ3n) is 3.41. The van der Waals surface area contributed by atoms with Crippen LogP contribution in [0.4, 0.5) is 0 Å². The number of rotatable bonds is 3. The molecule has 1 rings (SSSR count). The van der Waals surface area contributed by atoms with Crippen molar-refractivity contribution >= 4 is 0 Å². The van der Waals surface area contributed by atoms with Gasteiger partial charge in [-0.05, 0) is 32.6 Å². The molecule has 0 heterocycles. The van der Waals surface area contributed by atoms with Gasteiger partial charge in [-0.15, -0.1) is 0 Å². The van der Waals surface area contributed by atoms with Crippen LogP contribution in [-0.2, 0) is 4.84 Å². The van der Waals surface area contributed by atoms with E-state index in [9.17, 15) is 4.91 Å². The van der Waals surface area contributed by atoms with Gasteiger partial charge in [0.1, 0.15) is 0 Å². The lowest BCUT2D eigenvalue weighted by Crippen LogP contribution is -2.45. The van der Waals surface area contributed by atoms with E-state index in [2.05, 4.69) is 12.1 Å². The van der Waals surface area contributed by atoms with Crippen LogP contribution < -0.4 is 5.90 Å². The summed E-state index contributed by atoms with van der Waals surface area (Å²) >= 11 is 0. The van der Waals surface area contributed by atoms with E-state index >= 15 is 0 Å². The van der Waals surface area contributed by atoms with Gasteiger partial charge in [-0.2, -0.15) is 4.91 Å². The van der Waals surface area contributed by atoms with Gasteiger partial charge in [0.2, 0.25) is 0 Å². The van der Waals surface area contributed by atoms with Gasteiger partial charge in [-0.3, -0.25) is 4.84 Å². The Morgan fingerprint density at radius 3 is 2.57 bits per heavy atom. The first-order chi connectivity index (χ1) is 6.51. The summed E-state index contributed by atoms with van der Waals surface area (Å²) in [5, 5.41) is 3.21. The molecule has 1 fully saturated rings. The molecule has 0 spiro atoms. The highest BCUT2D eigenvalue weighted by Gasteiger charge is 2.40. The molecule has 3 unspecified atom stereocenters. The Labute approximate surface area is 85.1 Å². The van der Waals surface area contributed by atoms with Gasteiger partial charge in [0, 0.05) is 5.92 Å². The average molecular weight is 200 g/mol. The molecule has 4 nitrogen and oxygen atoms in total. The topological polar surface area (TPSA) is 64.7 Å². The summed E-state index contributed by atoms with van der Waals surface area (Å²) in [6.45, 7) is 6.00. The van der Waals surface area contributed by atoms with Crippen LogP contribution in [0.3, 0.4) is 0 Å². The number of nitroso groups, excluding NO2 is 1. The minimum Gasteiger partial charge on any atom is -0.298 e. The first kappa shape index (κ1) is 11.6. The molecule has 0 amide bonds. The fourth-order valence-electron chi connectivity index (χ4n) is 2.37. The second-order valence-corrected chi connectivity index (χ2v) is 4.92. The van der Waals surface area contributed by atoms with Crippen LogP contribution in [0.15, 0.2) is 5.18 Å². The number of hydrogen-bond donors (Lipinski definition) is 1. The van der Waals surface area contributed by atoms with Crippen LogP contribution in [0.1, 0.15) is 40.0 Å². The molecule has 0 aromatic rings. The minimum atomic E-state index is -0.446. The molecule has 0 bridgehead atoms. The van der Waals surface area contributed by atoms with Crippen LogP contribution in [0.25, 0.3) is 0 Å². The largest absolute Gasteiger partial charge is 0.298 e. The third kappa shape index (κ3) is 2.30. The summed E-state index contributed by atoms with van der Waals surface area (Å²) in [5.41, 5.74) is -0.446. The fraction of sp³-hybridized carbons (Fsp3) is 1.00. The number of nitrogens with two attached hydrogens (primary N) is 1. The molecule has 14 heavy (non-hydrogen) atoms. The molecular formula is C10H20N2O2. The molecule has 3 atom stereocenters. The zero-order valence-corrected chi connectivity index (χ0v) is 9.19. The summed E-state index contributed by atoms with van der Waals surface area (Å²) in [7, 11) is 0. The van der Waals surface area contributed by atoms with Crippen LogP contribution in [-0.4, -0.2) is 11.6 Å². The Balaban J connectivity index is 2.72. The Bertz CT molecular complexity index is 206. The summed E-state index contributed by atoms with van der Waals surface area (Å²) in [6, 6.07) is -0.141. The summed E-state index contributed by atoms with van der Waals surface area (Å²) < 4.78 is 0. The van der Waals surface area contributed by atoms with Crippen molar-refractivity contribution in [2.24, 2.45) is 22.9 Å². The molecule has 0 aromatic carbocycles. The van der Waals surface area contributed by atoms with Gasteiger partial charge in [-0.1, -0.05) is 18.5 Å². The maximum Gasteiger partial charge on any atom is 0.0978 e. The van der Waals surface area contributed by atoms with E-state index in [1.807, 2.05) is 13.8 Å². The first-order valence-corrected chi connectivity index (χ1v) is 5.21. The van der Waals surface area contributed by atoms with Crippen molar-refractivity contribution < 1.29 is 4.84 Å². The summed E-state index contributed by atoms with van der Waals surface area (Å²) in [5.74, 6) is 5.98. The molecular weight excluding hydrogens is 180 g/mol. The molecule has 82 valence electrons. The second-order valence-electron chi connectivity index (χ2n) is 4.92. The fourth-order valence-corrected chi connectivity index (χ4v) is 2.37. The molecule has 0 aromatic heterocycles. The van der Waals surface area contributed by atoms with Crippen LogP contribution >= 0.6 is 0 Å². The maximum atomic E-state index is 10.7. The smallest absolute Gasteiger partial charge is 0.0978 e. The zero-order chi connectivity index (χ0) is 10.8. The molecule has 0 aliphatic heterocycles. The maximum absolute atomic E-state index is 10.7. The standard InChI is InChI=1S/C10H20N2O2/c1-7-4-5-8(9(6-7)12-13)10(2,3)14-11/h7-9H,4-6,11H2,1-3H3. The van der Waals surface area contributed by atoms with Gasteiger partial charge in [-0.25, -0.2) is 5.90 Å². The molecule has 0 radical (unpaired) electrons. The van der Waals surface area contributed by atoms with Crippen molar-refractivity contribution in [2.75, 3.05) is 0 Å². The lowest BCUT2D eigenvalue weighted by atomic mass is 9.72. The third-order valence-corrected chi connectivity index (χ3v) is 3.41. The summed E-state index contributed by atoms with van der Waals surface area (Å²) in [4.78, 5) is 15.7. The predicted octanol–water partition coefficient (Wildman–Crippen LogP) is 2.23. The Morgan fingerprint density at radius 1 is 1.43 bits per heavy atom. The second kappa shape index (κ2) is 4.36. The van der Waals surface area contributed by atoms with Crippen molar-refractivity contribution in [2.45, 2.75) is 51.7 Å². The van der Waals surface area contributed by atoms with Crippen molar-refractivity contribution in [1.29, 1.82) is 0 Å². The van der Waals surface area contributed by atoms with Gasteiger partial charge in [0.05, 0.1) is 11.6 Å². The van der Waals surface area contributed by atoms with Crippen molar-refractivity contribution in [3.63, 3.8) is 0 Å². The minimum absolute atomic E-state index is 0.141. The highest BCUT2D eigenvalue weighted by Crippen LogP contribution is 2.38. The number of hydrogen-bond acceptors (Lipinski definition) is 4. The molecule has 0 saturated heterocycles. The predicted molar refractivity (Wildman–Crippen MR) is 55.4 cm³/mol. The van der Waals surface area contributed by atoms with E-state index in [-0.39, 0.29) is 12.0 Å². The van der Waals surface area contributed by atoms with E-state index in [0.29, 0.717) is 5.92 Å². The van der Waals surface area contributed by atoms with Gasteiger partial charge >= 0.3 is 0 Å². The molecule has 1 aliphatic rings. The summed E-state index contributed by atoms with van der Waals surface area (Å²) in [6.07, 6.45) is 2.96. The average Bonchev–Trinajstić information content (AvgIpc) is 2.17. The van der Waals surface area contributed by atoms with E-state index in [1.54, 1.807) is 0 Å². The molecule has 1 aliphatic carbocycles. The molecule has 4 heteroatoms. The van der Waals surface area contributed by atoms with Crippen molar-refractivity contribution in [3.05, 3.63) is 4.91 Å². The van der Waals surface area contributed by atoms with E-state index in [1.165, 1.54) is 0 Å². The normalized spacial score (nSPS) is 34.1. The SMILES string of the molecule is CC1CCC(C(C)(C)ON)C(N=O)C1. The van der Waals surface area contributed by atoms with E-state index in [4.69, 9.17) is 10.7 Å². The highest BCUT2D eigenvalue weighted by atomic mass is 16.6. The molecule has 2 N–H and O–H groups in total. The lowest BCUT2D eigenvalue weighted by Gasteiger charge is -2.39. The highest BCUT2D eigenvalue weighted by molar-refractivity contribution is 4.92. The van der Waals surface area contributed by atoms with Gasteiger partial charge < -0.3 is 0 Å². The first-order valence-electron chi connectivity index (χ1n) is 5.21. The Kier molecular flexibility index (Phi) is 3.61.